The summed E-state index contributed by atoms with van der Waals surface area (Å²) in [6.07, 6.45) is -3.93. The van der Waals surface area contributed by atoms with E-state index in [9.17, 15) is 22.8 Å². The molecule has 0 saturated heterocycles. The van der Waals surface area contributed by atoms with E-state index in [4.69, 9.17) is 0 Å². The normalized spacial score (nSPS) is 11.2. The summed E-state index contributed by atoms with van der Waals surface area (Å²) in [4.78, 5) is 22.8. The number of hydrogen-bond acceptors (Lipinski definition) is 2. The van der Waals surface area contributed by atoms with Gasteiger partial charge in [0.1, 0.15) is 6.29 Å². The third-order valence-corrected chi connectivity index (χ3v) is 2.74. The molecule has 0 heterocycles. The monoisotopic (exact) mass is 278 g/mol. The van der Waals surface area contributed by atoms with Crippen molar-refractivity contribution < 1.29 is 22.8 Å². The summed E-state index contributed by atoms with van der Waals surface area (Å²) in [6, 6.07) is 10.0. The Hall–Kier alpha value is -2.43. The third kappa shape index (κ3) is 2.93. The molecule has 2 rings (SSSR count). The first-order valence-electron chi connectivity index (χ1n) is 5.69. The maximum absolute atomic E-state index is 12.6. The maximum atomic E-state index is 12.6. The predicted octanol–water partition coefficient (Wildman–Crippen LogP) is 3.75. The van der Waals surface area contributed by atoms with Crippen LogP contribution in [0, 0.1) is 0 Å². The lowest BCUT2D eigenvalue weighted by Gasteiger charge is -2.08. The van der Waals surface area contributed by atoms with Crippen LogP contribution in [0.5, 0.6) is 0 Å². The minimum absolute atomic E-state index is 0.0668. The molecule has 5 heteroatoms. The van der Waals surface area contributed by atoms with Crippen LogP contribution in [0.1, 0.15) is 31.8 Å². The molecule has 0 aliphatic carbocycles. The number of rotatable bonds is 3. The van der Waals surface area contributed by atoms with E-state index in [1.165, 1.54) is 36.4 Å². The van der Waals surface area contributed by atoms with E-state index in [0.29, 0.717) is 11.8 Å². The molecule has 0 aliphatic heterocycles. The number of halogens is 3. The summed E-state index contributed by atoms with van der Waals surface area (Å²) in [6.45, 7) is 0. The van der Waals surface area contributed by atoms with Gasteiger partial charge >= 0.3 is 6.18 Å². The van der Waals surface area contributed by atoms with Crippen LogP contribution in [0.15, 0.2) is 48.5 Å². The van der Waals surface area contributed by atoms with E-state index >= 15 is 0 Å². The van der Waals surface area contributed by atoms with Crippen LogP contribution in [0.2, 0.25) is 0 Å². The van der Waals surface area contributed by atoms with Gasteiger partial charge in [-0.05, 0) is 18.2 Å². The third-order valence-electron chi connectivity index (χ3n) is 2.74. The van der Waals surface area contributed by atoms with Gasteiger partial charge in [0.2, 0.25) is 0 Å². The van der Waals surface area contributed by atoms with E-state index in [1.807, 2.05) is 0 Å². The van der Waals surface area contributed by atoms with Crippen molar-refractivity contribution in [3.05, 3.63) is 70.8 Å². The highest BCUT2D eigenvalue weighted by molar-refractivity contribution is 6.09. The number of aldehydes is 1. The first-order chi connectivity index (χ1) is 9.41. The molecule has 2 aromatic carbocycles. The van der Waals surface area contributed by atoms with Gasteiger partial charge in [0.25, 0.3) is 0 Å². The van der Waals surface area contributed by atoms with Gasteiger partial charge in [0.15, 0.2) is 5.78 Å². The van der Waals surface area contributed by atoms with Gasteiger partial charge in [-0.1, -0.05) is 30.3 Å². The van der Waals surface area contributed by atoms with Crippen LogP contribution in [0.3, 0.4) is 0 Å². The van der Waals surface area contributed by atoms with Gasteiger partial charge < -0.3 is 0 Å². The minimum Gasteiger partial charge on any atom is -0.298 e. The molecule has 0 amide bonds. The second-order valence-electron chi connectivity index (χ2n) is 4.15. The highest BCUT2D eigenvalue weighted by atomic mass is 19.4. The molecule has 0 aromatic heterocycles. The molecule has 0 N–H and O–H groups in total. The summed E-state index contributed by atoms with van der Waals surface area (Å²) in [5, 5.41) is 0. The average molecular weight is 278 g/mol. The van der Waals surface area contributed by atoms with Gasteiger partial charge in [-0.25, -0.2) is 0 Å². The van der Waals surface area contributed by atoms with E-state index in [1.54, 1.807) is 0 Å². The summed E-state index contributed by atoms with van der Waals surface area (Å²) in [5.74, 6) is -0.556. The summed E-state index contributed by atoms with van der Waals surface area (Å²) in [7, 11) is 0. The molecule has 20 heavy (non-hydrogen) atoms. The average Bonchev–Trinajstić information content (AvgIpc) is 2.46. The van der Waals surface area contributed by atoms with Crippen LogP contribution in [0.4, 0.5) is 13.2 Å². The molecule has 0 unspecified atom stereocenters. The Morgan fingerprint density at radius 3 is 2.15 bits per heavy atom. The Bertz CT molecular complexity index is 660. The van der Waals surface area contributed by atoms with Crippen molar-refractivity contribution in [1.82, 2.24) is 0 Å². The molecule has 2 aromatic rings. The molecule has 0 bridgehead atoms. The van der Waals surface area contributed by atoms with Crippen molar-refractivity contribution in [2.75, 3.05) is 0 Å². The minimum atomic E-state index is -4.50. The second kappa shape index (κ2) is 5.28. The zero-order chi connectivity index (χ0) is 14.8. The van der Waals surface area contributed by atoms with Gasteiger partial charge in [0, 0.05) is 16.7 Å². The van der Waals surface area contributed by atoms with Crippen LogP contribution in [-0.4, -0.2) is 12.1 Å². The number of hydrogen-bond donors (Lipinski definition) is 0. The van der Waals surface area contributed by atoms with E-state index in [-0.39, 0.29) is 11.1 Å². The Kier molecular flexibility index (Phi) is 3.70. The summed E-state index contributed by atoms with van der Waals surface area (Å²) < 4.78 is 37.8. The first kappa shape index (κ1) is 14.0. The lowest BCUT2D eigenvalue weighted by atomic mass is 10.00. The fourth-order valence-electron chi connectivity index (χ4n) is 1.76. The van der Waals surface area contributed by atoms with Crippen molar-refractivity contribution in [2.24, 2.45) is 0 Å². The first-order valence-corrected chi connectivity index (χ1v) is 5.69. The largest absolute Gasteiger partial charge is 0.416 e. The van der Waals surface area contributed by atoms with Gasteiger partial charge in [0.05, 0.1) is 5.56 Å². The lowest BCUT2D eigenvalue weighted by Crippen LogP contribution is -2.08. The highest BCUT2D eigenvalue weighted by Crippen LogP contribution is 2.30. The van der Waals surface area contributed by atoms with E-state index < -0.39 is 17.5 Å². The topological polar surface area (TPSA) is 34.1 Å². The van der Waals surface area contributed by atoms with Gasteiger partial charge in [-0.2, -0.15) is 13.2 Å². The Labute approximate surface area is 112 Å². The Morgan fingerprint density at radius 1 is 0.950 bits per heavy atom. The fraction of sp³-hybridized carbons (Fsp3) is 0.0667. The molecule has 0 aliphatic rings. The smallest absolute Gasteiger partial charge is 0.298 e. The van der Waals surface area contributed by atoms with Crippen molar-refractivity contribution in [3.63, 3.8) is 0 Å². The standard InChI is InChI=1S/C15H9F3O2/c16-15(17,18)13-6-2-5-12(8-13)14(20)11-4-1-3-10(7-11)9-19/h1-9H. The van der Waals surface area contributed by atoms with Crippen molar-refractivity contribution in [3.8, 4) is 0 Å². The molecule has 0 spiro atoms. The van der Waals surface area contributed by atoms with Crippen LogP contribution < -0.4 is 0 Å². The number of alkyl halides is 3. The number of benzene rings is 2. The number of ketones is 1. The zero-order valence-electron chi connectivity index (χ0n) is 10.1. The van der Waals surface area contributed by atoms with Gasteiger partial charge in [-0.15, -0.1) is 0 Å². The number of carbonyl (C=O) groups excluding carboxylic acids is 2. The molecular formula is C15H9F3O2. The molecule has 102 valence electrons. The molecule has 0 fully saturated rings. The summed E-state index contributed by atoms with van der Waals surface area (Å²) in [5.41, 5.74) is -0.477. The zero-order valence-corrected chi connectivity index (χ0v) is 10.1. The van der Waals surface area contributed by atoms with Crippen LogP contribution >= 0.6 is 0 Å². The summed E-state index contributed by atoms with van der Waals surface area (Å²) >= 11 is 0. The van der Waals surface area contributed by atoms with Crippen LogP contribution in [-0.2, 0) is 6.18 Å². The molecule has 0 saturated carbocycles. The van der Waals surface area contributed by atoms with E-state index in [2.05, 4.69) is 0 Å². The number of carbonyl (C=O) groups is 2. The van der Waals surface area contributed by atoms with Crippen molar-refractivity contribution in [1.29, 1.82) is 0 Å². The highest BCUT2D eigenvalue weighted by Gasteiger charge is 2.30. The lowest BCUT2D eigenvalue weighted by molar-refractivity contribution is -0.137. The van der Waals surface area contributed by atoms with E-state index in [0.717, 1.165) is 12.1 Å². The Morgan fingerprint density at radius 2 is 1.55 bits per heavy atom. The van der Waals surface area contributed by atoms with Crippen molar-refractivity contribution in [2.45, 2.75) is 6.18 Å². The quantitative estimate of drug-likeness (QED) is 0.633. The van der Waals surface area contributed by atoms with Gasteiger partial charge in [-0.3, -0.25) is 9.59 Å². The second-order valence-corrected chi connectivity index (χ2v) is 4.15. The molecule has 0 atom stereocenters. The van der Waals surface area contributed by atoms with Crippen molar-refractivity contribution >= 4 is 12.1 Å². The fourth-order valence-corrected chi connectivity index (χ4v) is 1.76. The molecular weight excluding hydrogens is 269 g/mol. The predicted molar refractivity (Wildman–Crippen MR) is 66.7 cm³/mol. The Balaban J connectivity index is 2.40. The molecule has 0 radical (unpaired) electrons. The maximum Gasteiger partial charge on any atom is 0.416 e. The SMILES string of the molecule is O=Cc1cccc(C(=O)c2cccc(C(F)(F)F)c2)c1. The molecule has 2 nitrogen and oxygen atoms in total. The van der Waals surface area contributed by atoms with Crippen LogP contribution in [0.25, 0.3) is 0 Å².